The van der Waals surface area contributed by atoms with Crippen LogP contribution in [0.15, 0.2) is 30.6 Å². The summed E-state index contributed by atoms with van der Waals surface area (Å²) in [4.78, 5) is 4.38. The second kappa shape index (κ2) is 3.95. The summed E-state index contributed by atoms with van der Waals surface area (Å²) in [5, 5.41) is 11.1. The molecular weight excluding hydrogens is 224 g/mol. The number of hydrogen-bond acceptors (Lipinski definition) is 2. The highest BCUT2D eigenvalue weighted by atomic mass is 16.3. The van der Waals surface area contributed by atoms with Crippen molar-refractivity contribution in [2.75, 3.05) is 0 Å². The molecule has 1 heterocycles. The molecule has 3 rings (SSSR count). The van der Waals surface area contributed by atoms with E-state index in [0.717, 1.165) is 30.8 Å². The Kier molecular flexibility index (Phi) is 2.52. The Balaban J connectivity index is 2.17. The first-order valence-corrected chi connectivity index (χ1v) is 6.49. The molecule has 1 aromatic carbocycles. The van der Waals surface area contributed by atoms with Gasteiger partial charge >= 0.3 is 0 Å². The van der Waals surface area contributed by atoms with E-state index in [1.807, 2.05) is 10.8 Å². The molecule has 18 heavy (non-hydrogen) atoms. The van der Waals surface area contributed by atoms with E-state index in [9.17, 15) is 5.11 Å². The highest BCUT2D eigenvalue weighted by Crippen LogP contribution is 2.41. The Labute approximate surface area is 107 Å². The van der Waals surface area contributed by atoms with E-state index in [2.05, 4.69) is 37.0 Å². The van der Waals surface area contributed by atoms with Gasteiger partial charge in [0.2, 0.25) is 0 Å². The number of imidazole rings is 1. The number of nitrogens with zero attached hydrogens (tertiary/aromatic N) is 2. The monoisotopic (exact) mass is 242 g/mol. The Morgan fingerprint density at radius 3 is 3.06 bits per heavy atom. The maximum Gasteiger partial charge on any atom is 0.148 e. The summed E-state index contributed by atoms with van der Waals surface area (Å²) in [6.07, 6.45) is 5.34. The molecule has 1 N–H and O–H groups in total. The summed E-state index contributed by atoms with van der Waals surface area (Å²) in [5.41, 5.74) is 2.54. The molecule has 0 aliphatic heterocycles. The molecule has 2 aromatic rings. The Hall–Kier alpha value is -1.61. The number of aryl methyl sites for hydroxylation is 3. The number of aliphatic hydroxyl groups is 1. The van der Waals surface area contributed by atoms with E-state index in [1.165, 1.54) is 11.1 Å². The summed E-state index contributed by atoms with van der Waals surface area (Å²) in [5.74, 6) is 0.773. The standard InChI is InChI=1S/C15H18N2O/c1-3-17-9-8-16-14(17)15(18)7-6-12-5-4-11(2)10-13(12)15/h4-5,8-10,18H,3,6-7H2,1-2H3. The molecule has 0 amide bonds. The van der Waals surface area contributed by atoms with E-state index in [-0.39, 0.29) is 0 Å². The lowest BCUT2D eigenvalue weighted by molar-refractivity contribution is 0.0694. The van der Waals surface area contributed by atoms with Gasteiger partial charge in [0, 0.05) is 18.9 Å². The molecule has 0 saturated heterocycles. The van der Waals surface area contributed by atoms with E-state index in [0.29, 0.717) is 0 Å². The molecule has 3 nitrogen and oxygen atoms in total. The summed E-state index contributed by atoms with van der Waals surface area (Å²) in [6.45, 7) is 4.96. The van der Waals surface area contributed by atoms with Gasteiger partial charge in [0.15, 0.2) is 0 Å². The average molecular weight is 242 g/mol. The molecular formula is C15H18N2O. The lowest BCUT2D eigenvalue weighted by atomic mass is 9.93. The second-order valence-corrected chi connectivity index (χ2v) is 5.06. The third-order valence-corrected chi connectivity index (χ3v) is 3.89. The first-order chi connectivity index (χ1) is 8.65. The molecule has 0 spiro atoms. The van der Waals surface area contributed by atoms with Gasteiger partial charge in [-0.2, -0.15) is 0 Å². The zero-order valence-electron chi connectivity index (χ0n) is 10.8. The van der Waals surface area contributed by atoms with Crippen LogP contribution < -0.4 is 0 Å². The molecule has 0 radical (unpaired) electrons. The number of hydrogen-bond donors (Lipinski definition) is 1. The predicted octanol–water partition coefficient (Wildman–Crippen LogP) is 2.39. The van der Waals surface area contributed by atoms with E-state index in [4.69, 9.17) is 0 Å². The van der Waals surface area contributed by atoms with Crippen LogP contribution in [-0.2, 0) is 18.6 Å². The Bertz CT molecular complexity index is 588. The van der Waals surface area contributed by atoms with Crippen molar-refractivity contribution in [1.82, 2.24) is 9.55 Å². The Morgan fingerprint density at radius 2 is 2.28 bits per heavy atom. The number of benzene rings is 1. The van der Waals surface area contributed by atoms with Crippen molar-refractivity contribution >= 4 is 0 Å². The van der Waals surface area contributed by atoms with Crippen molar-refractivity contribution in [3.63, 3.8) is 0 Å². The van der Waals surface area contributed by atoms with Crippen molar-refractivity contribution in [2.24, 2.45) is 0 Å². The van der Waals surface area contributed by atoms with Gasteiger partial charge in [-0.05, 0) is 37.8 Å². The maximum absolute atomic E-state index is 11.1. The number of rotatable bonds is 2. The van der Waals surface area contributed by atoms with Crippen LogP contribution in [0.2, 0.25) is 0 Å². The van der Waals surface area contributed by atoms with Crippen LogP contribution in [0, 0.1) is 6.92 Å². The minimum atomic E-state index is -0.916. The summed E-state index contributed by atoms with van der Waals surface area (Å²) >= 11 is 0. The van der Waals surface area contributed by atoms with E-state index < -0.39 is 5.60 Å². The van der Waals surface area contributed by atoms with Crippen molar-refractivity contribution in [3.8, 4) is 0 Å². The molecule has 94 valence electrons. The fourth-order valence-corrected chi connectivity index (χ4v) is 2.90. The molecule has 1 aliphatic rings. The first kappa shape index (κ1) is 11.5. The molecule has 0 saturated carbocycles. The van der Waals surface area contributed by atoms with E-state index >= 15 is 0 Å². The summed E-state index contributed by atoms with van der Waals surface area (Å²) < 4.78 is 2.03. The van der Waals surface area contributed by atoms with Gasteiger partial charge in [0.1, 0.15) is 11.4 Å². The van der Waals surface area contributed by atoms with Crippen LogP contribution in [0.4, 0.5) is 0 Å². The van der Waals surface area contributed by atoms with Crippen molar-refractivity contribution in [2.45, 2.75) is 38.8 Å². The number of aromatic nitrogens is 2. The van der Waals surface area contributed by atoms with Crippen LogP contribution in [0.3, 0.4) is 0 Å². The zero-order valence-corrected chi connectivity index (χ0v) is 10.8. The topological polar surface area (TPSA) is 38.0 Å². The van der Waals surface area contributed by atoms with E-state index in [1.54, 1.807) is 6.20 Å². The SMILES string of the molecule is CCn1ccnc1C1(O)CCc2ccc(C)cc21. The molecule has 1 aliphatic carbocycles. The quantitative estimate of drug-likeness (QED) is 0.878. The smallest absolute Gasteiger partial charge is 0.148 e. The second-order valence-electron chi connectivity index (χ2n) is 5.06. The molecule has 1 atom stereocenters. The highest BCUT2D eigenvalue weighted by Gasteiger charge is 2.41. The fraction of sp³-hybridized carbons (Fsp3) is 0.400. The minimum Gasteiger partial charge on any atom is -0.377 e. The molecule has 1 aromatic heterocycles. The summed E-state index contributed by atoms with van der Waals surface area (Å²) in [6, 6.07) is 6.33. The van der Waals surface area contributed by atoms with Crippen LogP contribution in [-0.4, -0.2) is 14.7 Å². The van der Waals surface area contributed by atoms with Gasteiger partial charge in [-0.1, -0.05) is 23.8 Å². The zero-order chi connectivity index (χ0) is 12.8. The number of fused-ring (bicyclic) bond motifs is 1. The molecule has 1 unspecified atom stereocenters. The fourth-order valence-electron chi connectivity index (χ4n) is 2.90. The third-order valence-electron chi connectivity index (χ3n) is 3.89. The molecule has 0 fully saturated rings. The first-order valence-electron chi connectivity index (χ1n) is 6.49. The van der Waals surface area contributed by atoms with Crippen LogP contribution in [0.1, 0.15) is 35.9 Å². The summed E-state index contributed by atoms with van der Waals surface area (Å²) in [7, 11) is 0. The maximum atomic E-state index is 11.1. The van der Waals surface area contributed by atoms with Gasteiger partial charge in [0.05, 0.1) is 0 Å². The molecule has 0 bridgehead atoms. The van der Waals surface area contributed by atoms with Gasteiger partial charge in [-0.3, -0.25) is 0 Å². The lowest BCUT2D eigenvalue weighted by Gasteiger charge is -2.24. The van der Waals surface area contributed by atoms with Crippen LogP contribution in [0.25, 0.3) is 0 Å². The largest absolute Gasteiger partial charge is 0.377 e. The third kappa shape index (κ3) is 1.51. The van der Waals surface area contributed by atoms with Crippen LogP contribution >= 0.6 is 0 Å². The van der Waals surface area contributed by atoms with Gasteiger partial charge in [0.25, 0.3) is 0 Å². The van der Waals surface area contributed by atoms with Crippen LogP contribution in [0.5, 0.6) is 0 Å². The van der Waals surface area contributed by atoms with Crippen molar-refractivity contribution < 1.29 is 5.11 Å². The van der Waals surface area contributed by atoms with Crippen molar-refractivity contribution in [1.29, 1.82) is 0 Å². The Morgan fingerprint density at radius 1 is 1.44 bits per heavy atom. The lowest BCUT2D eigenvalue weighted by Crippen LogP contribution is -2.28. The normalized spacial score (nSPS) is 22.2. The minimum absolute atomic E-state index is 0.725. The van der Waals surface area contributed by atoms with Gasteiger partial charge in [-0.25, -0.2) is 4.98 Å². The predicted molar refractivity (Wildman–Crippen MR) is 70.4 cm³/mol. The van der Waals surface area contributed by atoms with Crippen molar-refractivity contribution in [3.05, 3.63) is 53.1 Å². The van der Waals surface area contributed by atoms with Gasteiger partial charge in [-0.15, -0.1) is 0 Å². The van der Waals surface area contributed by atoms with Gasteiger partial charge < -0.3 is 9.67 Å². The molecule has 3 heteroatoms. The highest BCUT2D eigenvalue weighted by molar-refractivity contribution is 5.43. The average Bonchev–Trinajstić information content (AvgIpc) is 2.96.